The van der Waals surface area contributed by atoms with Gasteiger partial charge in [0.2, 0.25) is 0 Å². The van der Waals surface area contributed by atoms with Gasteiger partial charge in [0, 0.05) is 13.1 Å². The van der Waals surface area contributed by atoms with E-state index in [0.29, 0.717) is 6.61 Å². The second-order valence-electron chi connectivity index (χ2n) is 4.87. The Bertz CT molecular complexity index is 363. The van der Waals surface area contributed by atoms with Gasteiger partial charge in [0.15, 0.2) is 5.82 Å². The van der Waals surface area contributed by atoms with Gasteiger partial charge in [0.25, 0.3) is 0 Å². The van der Waals surface area contributed by atoms with Gasteiger partial charge < -0.3 is 15.0 Å². The number of hydrogen-bond acceptors (Lipinski definition) is 4. The van der Waals surface area contributed by atoms with Crippen molar-refractivity contribution in [3.63, 3.8) is 0 Å². The SMILES string of the molecule is Cc1nnc(COC2CCCCCC2N)n1C. The molecule has 2 N–H and O–H groups in total. The molecule has 1 aromatic heterocycles. The minimum atomic E-state index is 0.173. The molecular weight excluding hydrogens is 216 g/mol. The maximum absolute atomic E-state index is 6.12. The number of hydrogen-bond donors (Lipinski definition) is 1. The highest BCUT2D eigenvalue weighted by molar-refractivity contribution is 4.91. The maximum atomic E-state index is 6.12. The summed E-state index contributed by atoms with van der Waals surface area (Å²) in [6, 6.07) is 0.173. The number of nitrogens with two attached hydrogens (primary N) is 1. The zero-order chi connectivity index (χ0) is 12.3. The van der Waals surface area contributed by atoms with E-state index in [1.165, 1.54) is 19.3 Å². The lowest BCUT2D eigenvalue weighted by Crippen LogP contribution is -2.35. The van der Waals surface area contributed by atoms with Crippen LogP contribution in [0.2, 0.25) is 0 Å². The summed E-state index contributed by atoms with van der Waals surface area (Å²) in [5.41, 5.74) is 6.12. The molecular formula is C12H22N4O. The fraction of sp³-hybridized carbons (Fsp3) is 0.833. The van der Waals surface area contributed by atoms with Gasteiger partial charge in [-0.25, -0.2) is 0 Å². The third kappa shape index (κ3) is 3.04. The van der Waals surface area contributed by atoms with E-state index in [0.717, 1.165) is 24.5 Å². The Labute approximate surface area is 102 Å². The van der Waals surface area contributed by atoms with E-state index in [-0.39, 0.29) is 12.1 Å². The lowest BCUT2D eigenvalue weighted by atomic mass is 10.1. The van der Waals surface area contributed by atoms with E-state index in [4.69, 9.17) is 10.5 Å². The number of nitrogens with zero attached hydrogens (tertiary/aromatic N) is 3. The Morgan fingerprint density at radius 3 is 2.76 bits per heavy atom. The van der Waals surface area contributed by atoms with Crippen molar-refractivity contribution in [3.05, 3.63) is 11.6 Å². The van der Waals surface area contributed by atoms with Crippen LogP contribution in [0.4, 0.5) is 0 Å². The Morgan fingerprint density at radius 2 is 2.06 bits per heavy atom. The van der Waals surface area contributed by atoms with Crippen molar-refractivity contribution < 1.29 is 4.74 Å². The van der Waals surface area contributed by atoms with Gasteiger partial charge in [-0.3, -0.25) is 0 Å². The molecule has 2 atom stereocenters. The smallest absolute Gasteiger partial charge is 0.158 e. The molecule has 1 aromatic rings. The van der Waals surface area contributed by atoms with Crippen LogP contribution >= 0.6 is 0 Å². The first-order valence-corrected chi connectivity index (χ1v) is 6.40. The molecule has 0 bridgehead atoms. The van der Waals surface area contributed by atoms with Crippen LogP contribution in [0.1, 0.15) is 43.8 Å². The number of ether oxygens (including phenoxy) is 1. The van der Waals surface area contributed by atoms with Crippen molar-refractivity contribution in [3.8, 4) is 0 Å². The lowest BCUT2D eigenvalue weighted by molar-refractivity contribution is 0.0148. The predicted octanol–water partition coefficient (Wildman–Crippen LogP) is 1.30. The fourth-order valence-corrected chi connectivity index (χ4v) is 2.27. The topological polar surface area (TPSA) is 66.0 Å². The fourth-order valence-electron chi connectivity index (χ4n) is 2.27. The largest absolute Gasteiger partial charge is 0.369 e. The summed E-state index contributed by atoms with van der Waals surface area (Å²) in [4.78, 5) is 0. The average Bonchev–Trinajstić information content (AvgIpc) is 2.53. The summed E-state index contributed by atoms with van der Waals surface area (Å²) in [5, 5.41) is 8.11. The molecule has 1 saturated carbocycles. The highest BCUT2D eigenvalue weighted by Crippen LogP contribution is 2.20. The summed E-state index contributed by atoms with van der Waals surface area (Å²) in [5.74, 6) is 1.78. The molecule has 96 valence electrons. The van der Waals surface area contributed by atoms with Crippen molar-refractivity contribution in [2.24, 2.45) is 12.8 Å². The van der Waals surface area contributed by atoms with Crippen LogP contribution in [-0.2, 0) is 18.4 Å². The van der Waals surface area contributed by atoms with Crippen LogP contribution < -0.4 is 5.73 Å². The van der Waals surface area contributed by atoms with Gasteiger partial charge in [-0.05, 0) is 19.8 Å². The highest BCUT2D eigenvalue weighted by Gasteiger charge is 2.21. The standard InChI is InChI=1S/C12H22N4O/c1-9-14-15-12(16(9)2)8-17-11-7-5-3-4-6-10(11)13/h10-11H,3-8,13H2,1-2H3. The van der Waals surface area contributed by atoms with Crippen LogP contribution in [0.25, 0.3) is 0 Å². The lowest BCUT2D eigenvalue weighted by Gasteiger charge is -2.21. The van der Waals surface area contributed by atoms with Gasteiger partial charge in [0.1, 0.15) is 12.4 Å². The molecule has 0 aliphatic heterocycles. The molecule has 0 aromatic carbocycles. The van der Waals surface area contributed by atoms with Crippen molar-refractivity contribution in [1.29, 1.82) is 0 Å². The van der Waals surface area contributed by atoms with Gasteiger partial charge in [-0.15, -0.1) is 10.2 Å². The van der Waals surface area contributed by atoms with Gasteiger partial charge in [0.05, 0.1) is 6.10 Å². The first-order valence-electron chi connectivity index (χ1n) is 6.40. The molecule has 0 saturated heterocycles. The average molecular weight is 238 g/mol. The molecule has 1 aliphatic carbocycles. The highest BCUT2D eigenvalue weighted by atomic mass is 16.5. The van der Waals surface area contributed by atoms with Crippen LogP contribution in [0, 0.1) is 6.92 Å². The second kappa shape index (κ2) is 5.60. The predicted molar refractivity (Wildman–Crippen MR) is 65.4 cm³/mol. The summed E-state index contributed by atoms with van der Waals surface area (Å²) in [6.45, 7) is 2.45. The van der Waals surface area contributed by atoms with Crippen molar-refractivity contribution in [2.45, 2.75) is 57.8 Å². The van der Waals surface area contributed by atoms with Gasteiger partial charge >= 0.3 is 0 Å². The molecule has 5 nitrogen and oxygen atoms in total. The quantitative estimate of drug-likeness (QED) is 0.806. The molecule has 0 spiro atoms. The molecule has 1 aliphatic rings. The zero-order valence-corrected chi connectivity index (χ0v) is 10.7. The van der Waals surface area contributed by atoms with Crippen LogP contribution in [-0.4, -0.2) is 26.9 Å². The Hall–Kier alpha value is -0.940. The molecule has 1 fully saturated rings. The zero-order valence-electron chi connectivity index (χ0n) is 10.7. The molecule has 0 amide bonds. The van der Waals surface area contributed by atoms with Crippen LogP contribution in [0.15, 0.2) is 0 Å². The number of aryl methyl sites for hydroxylation is 1. The van der Waals surface area contributed by atoms with E-state index >= 15 is 0 Å². The first-order chi connectivity index (χ1) is 8.18. The molecule has 2 rings (SSSR count). The summed E-state index contributed by atoms with van der Waals surface area (Å²) >= 11 is 0. The first kappa shape index (κ1) is 12.5. The third-order valence-electron chi connectivity index (χ3n) is 3.61. The molecule has 2 unspecified atom stereocenters. The normalized spacial score (nSPS) is 25.8. The summed E-state index contributed by atoms with van der Waals surface area (Å²) < 4.78 is 7.87. The minimum absolute atomic E-state index is 0.173. The van der Waals surface area contributed by atoms with Crippen molar-refractivity contribution >= 4 is 0 Å². The van der Waals surface area contributed by atoms with Crippen LogP contribution in [0.3, 0.4) is 0 Å². The van der Waals surface area contributed by atoms with Gasteiger partial charge in [-0.1, -0.05) is 19.3 Å². The number of rotatable bonds is 3. The Kier molecular flexibility index (Phi) is 4.12. The number of aromatic nitrogens is 3. The molecule has 1 heterocycles. The summed E-state index contributed by atoms with van der Waals surface area (Å²) in [7, 11) is 1.96. The van der Waals surface area contributed by atoms with E-state index in [1.54, 1.807) is 0 Å². The van der Waals surface area contributed by atoms with E-state index in [2.05, 4.69) is 10.2 Å². The molecule has 17 heavy (non-hydrogen) atoms. The molecule has 5 heteroatoms. The Balaban J connectivity index is 1.90. The van der Waals surface area contributed by atoms with Crippen molar-refractivity contribution in [2.75, 3.05) is 0 Å². The van der Waals surface area contributed by atoms with Crippen LogP contribution in [0.5, 0.6) is 0 Å². The minimum Gasteiger partial charge on any atom is -0.369 e. The van der Waals surface area contributed by atoms with E-state index in [1.807, 2.05) is 18.5 Å². The van der Waals surface area contributed by atoms with Crippen molar-refractivity contribution in [1.82, 2.24) is 14.8 Å². The van der Waals surface area contributed by atoms with E-state index in [9.17, 15) is 0 Å². The molecule has 0 radical (unpaired) electrons. The monoisotopic (exact) mass is 238 g/mol. The Morgan fingerprint density at radius 1 is 1.29 bits per heavy atom. The van der Waals surface area contributed by atoms with E-state index < -0.39 is 0 Å². The maximum Gasteiger partial charge on any atom is 0.158 e. The van der Waals surface area contributed by atoms with Gasteiger partial charge in [-0.2, -0.15) is 0 Å². The third-order valence-corrected chi connectivity index (χ3v) is 3.61. The second-order valence-corrected chi connectivity index (χ2v) is 4.87. The summed E-state index contributed by atoms with van der Waals surface area (Å²) in [6.07, 6.45) is 6.03.